The number of furan rings is 2. The molecule has 0 spiro atoms. The molecule has 1 saturated heterocycles. The third-order valence-electron chi connectivity index (χ3n) is 3.78. The van der Waals surface area contributed by atoms with Crippen molar-refractivity contribution >= 4 is 5.91 Å². The van der Waals surface area contributed by atoms with Gasteiger partial charge in [-0.2, -0.15) is 0 Å². The summed E-state index contributed by atoms with van der Waals surface area (Å²) in [5.74, 6) is 1.83. The summed E-state index contributed by atoms with van der Waals surface area (Å²) in [4.78, 5) is 14.3. The van der Waals surface area contributed by atoms with Gasteiger partial charge < -0.3 is 18.9 Å². The van der Waals surface area contributed by atoms with Gasteiger partial charge in [0, 0.05) is 19.6 Å². The molecule has 0 unspecified atom stereocenters. The highest BCUT2D eigenvalue weighted by Crippen LogP contribution is 2.23. The number of hydrogen-bond acceptors (Lipinski definition) is 5. The summed E-state index contributed by atoms with van der Waals surface area (Å²) in [6.45, 7) is 5.42. The lowest BCUT2D eigenvalue weighted by atomic mass is 10.1. The van der Waals surface area contributed by atoms with Crippen molar-refractivity contribution in [3.63, 3.8) is 0 Å². The number of carbonyl (C=O) groups is 1. The summed E-state index contributed by atoms with van der Waals surface area (Å²) in [6.07, 6.45) is 1.49. The van der Waals surface area contributed by atoms with Crippen molar-refractivity contribution in [2.45, 2.75) is 13.0 Å². The zero-order chi connectivity index (χ0) is 15.4. The molecule has 1 aliphatic rings. The SMILES string of the molecule is Cc1ccc([C@H](CNC(=O)c2ccco2)N2CCOCC2)o1. The van der Waals surface area contributed by atoms with E-state index < -0.39 is 0 Å². The Morgan fingerprint density at radius 3 is 2.77 bits per heavy atom. The fourth-order valence-corrected chi connectivity index (χ4v) is 2.62. The number of hydrogen-bond donors (Lipinski definition) is 1. The third kappa shape index (κ3) is 3.40. The number of ether oxygens (including phenoxy) is 1. The molecule has 0 bridgehead atoms. The van der Waals surface area contributed by atoms with E-state index in [1.54, 1.807) is 12.1 Å². The number of aryl methyl sites for hydroxylation is 1. The second kappa shape index (κ2) is 6.81. The van der Waals surface area contributed by atoms with Crippen LogP contribution in [0.2, 0.25) is 0 Å². The molecule has 6 heteroatoms. The Bertz CT molecular complexity index is 599. The Balaban J connectivity index is 1.69. The minimum atomic E-state index is -0.216. The molecule has 1 atom stereocenters. The molecule has 1 fully saturated rings. The molecule has 118 valence electrons. The minimum Gasteiger partial charge on any atom is -0.465 e. The second-order valence-electron chi connectivity index (χ2n) is 5.30. The Labute approximate surface area is 129 Å². The topological polar surface area (TPSA) is 67.9 Å². The number of nitrogens with zero attached hydrogens (tertiary/aromatic N) is 1. The molecule has 0 radical (unpaired) electrons. The highest BCUT2D eigenvalue weighted by molar-refractivity contribution is 5.91. The fourth-order valence-electron chi connectivity index (χ4n) is 2.62. The van der Waals surface area contributed by atoms with Crippen molar-refractivity contribution in [3.05, 3.63) is 47.8 Å². The van der Waals surface area contributed by atoms with Crippen LogP contribution in [0.3, 0.4) is 0 Å². The molecular formula is C16H20N2O4. The Hall–Kier alpha value is -2.05. The van der Waals surface area contributed by atoms with Gasteiger partial charge in [-0.15, -0.1) is 0 Å². The number of morpholine rings is 1. The summed E-state index contributed by atoms with van der Waals surface area (Å²) >= 11 is 0. The van der Waals surface area contributed by atoms with Crippen LogP contribution >= 0.6 is 0 Å². The van der Waals surface area contributed by atoms with E-state index in [4.69, 9.17) is 13.6 Å². The maximum absolute atomic E-state index is 12.1. The van der Waals surface area contributed by atoms with Gasteiger partial charge in [-0.3, -0.25) is 9.69 Å². The predicted molar refractivity (Wildman–Crippen MR) is 79.6 cm³/mol. The molecule has 1 N–H and O–H groups in total. The van der Waals surface area contributed by atoms with Crippen molar-refractivity contribution < 1.29 is 18.4 Å². The van der Waals surface area contributed by atoms with Gasteiger partial charge in [-0.1, -0.05) is 0 Å². The first-order valence-corrected chi connectivity index (χ1v) is 7.44. The zero-order valence-electron chi connectivity index (χ0n) is 12.6. The lowest BCUT2D eigenvalue weighted by Crippen LogP contribution is -2.43. The second-order valence-corrected chi connectivity index (χ2v) is 5.30. The summed E-state index contributed by atoms with van der Waals surface area (Å²) in [5, 5.41) is 2.92. The van der Waals surface area contributed by atoms with E-state index in [0.717, 1.165) is 24.6 Å². The van der Waals surface area contributed by atoms with Gasteiger partial charge in [0.05, 0.1) is 25.5 Å². The van der Waals surface area contributed by atoms with Crippen LogP contribution in [0.1, 0.15) is 28.1 Å². The van der Waals surface area contributed by atoms with Gasteiger partial charge in [-0.25, -0.2) is 0 Å². The van der Waals surface area contributed by atoms with Crippen molar-refractivity contribution in [2.24, 2.45) is 0 Å². The van der Waals surface area contributed by atoms with Crippen LogP contribution in [0.25, 0.3) is 0 Å². The highest BCUT2D eigenvalue weighted by Gasteiger charge is 2.26. The first-order chi connectivity index (χ1) is 10.7. The Kier molecular flexibility index (Phi) is 4.60. The molecule has 2 aromatic heterocycles. The van der Waals surface area contributed by atoms with Gasteiger partial charge in [0.25, 0.3) is 5.91 Å². The lowest BCUT2D eigenvalue weighted by Gasteiger charge is -2.33. The van der Waals surface area contributed by atoms with E-state index in [1.807, 2.05) is 19.1 Å². The molecule has 0 aromatic carbocycles. The van der Waals surface area contributed by atoms with Gasteiger partial charge in [-0.05, 0) is 31.2 Å². The number of nitrogens with one attached hydrogen (secondary N) is 1. The van der Waals surface area contributed by atoms with Crippen LogP contribution in [0.4, 0.5) is 0 Å². The number of amides is 1. The van der Waals surface area contributed by atoms with E-state index in [-0.39, 0.29) is 11.9 Å². The van der Waals surface area contributed by atoms with Crippen molar-refractivity contribution in [1.82, 2.24) is 10.2 Å². The molecule has 3 rings (SSSR count). The Morgan fingerprint density at radius 2 is 2.14 bits per heavy atom. The van der Waals surface area contributed by atoms with Gasteiger partial charge in [0.15, 0.2) is 5.76 Å². The first-order valence-electron chi connectivity index (χ1n) is 7.44. The predicted octanol–water partition coefficient (Wildman–Crippen LogP) is 1.98. The van der Waals surface area contributed by atoms with E-state index >= 15 is 0 Å². The highest BCUT2D eigenvalue weighted by atomic mass is 16.5. The molecule has 3 heterocycles. The molecule has 1 amide bonds. The van der Waals surface area contributed by atoms with Gasteiger partial charge in [0.1, 0.15) is 11.5 Å². The largest absolute Gasteiger partial charge is 0.465 e. The van der Waals surface area contributed by atoms with Gasteiger partial charge in [0.2, 0.25) is 0 Å². The molecule has 22 heavy (non-hydrogen) atoms. The molecular weight excluding hydrogens is 284 g/mol. The molecule has 0 saturated carbocycles. The average molecular weight is 304 g/mol. The van der Waals surface area contributed by atoms with Crippen molar-refractivity contribution in [1.29, 1.82) is 0 Å². The maximum Gasteiger partial charge on any atom is 0.287 e. The van der Waals surface area contributed by atoms with E-state index in [0.29, 0.717) is 25.5 Å². The number of rotatable bonds is 5. The summed E-state index contributed by atoms with van der Waals surface area (Å²) < 4.78 is 16.3. The van der Waals surface area contributed by atoms with Crippen LogP contribution in [-0.2, 0) is 4.74 Å². The zero-order valence-corrected chi connectivity index (χ0v) is 12.6. The van der Waals surface area contributed by atoms with Crippen LogP contribution in [0.15, 0.2) is 39.4 Å². The summed E-state index contributed by atoms with van der Waals surface area (Å²) in [7, 11) is 0. The molecule has 6 nitrogen and oxygen atoms in total. The average Bonchev–Trinajstić information content (AvgIpc) is 3.20. The van der Waals surface area contributed by atoms with Crippen LogP contribution in [0.5, 0.6) is 0 Å². The van der Waals surface area contributed by atoms with Crippen LogP contribution in [-0.4, -0.2) is 43.7 Å². The number of carbonyl (C=O) groups excluding carboxylic acids is 1. The van der Waals surface area contributed by atoms with E-state index in [9.17, 15) is 4.79 Å². The van der Waals surface area contributed by atoms with Crippen molar-refractivity contribution in [2.75, 3.05) is 32.8 Å². The summed E-state index contributed by atoms with van der Waals surface area (Å²) in [5.41, 5.74) is 0. The van der Waals surface area contributed by atoms with E-state index in [2.05, 4.69) is 10.2 Å². The smallest absolute Gasteiger partial charge is 0.287 e. The summed E-state index contributed by atoms with van der Waals surface area (Å²) in [6, 6.07) is 7.25. The maximum atomic E-state index is 12.1. The van der Waals surface area contributed by atoms with Crippen molar-refractivity contribution in [3.8, 4) is 0 Å². The lowest BCUT2D eigenvalue weighted by molar-refractivity contribution is 0.0116. The normalized spacial score (nSPS) is 17.3. The van der Waals surface area contributed by atoms with Crippen LogP contribution in [0, 0.1) is 6.92 Å². The fraction of sp³-hybridized carbons (Fsp3) is 0.438. The minimum absolute atomic E-state index is 0.00323. The molecule has 2 aromatic rings. The third-order valence-corrected chi connectivity index (χ3v) is 3.78. The van der Waals surface area contributed by atoms with E-state index in [1.165, 1.54) is 6.26 Å². The molecule has 0 aliphatic carbocycles. The Morgan fingerprint density at radius 1 is 1.32 bits per heavy atom. The van der Waals surface area contributed by atoms with Crippen LogP contribution < -0.4 is 5.32 Å². The quantitative estimate of drug-likeness (QED) is 0.915. The first kappa shape index (κ1) is 14.9. The standard InChI is InChI=1S/C16H20N2O4/c1-12-4-5-14(22-12)13(18-6-9-20-10-7-18)11-17-16(19)15-3-2-8-21-15/h2-5,8,13H,6-7,9-11H2,1H3,(H,17,19)/t13-/m0/s1. The molecule has 1 aliphatic heterocycles. The van der Waals surface area contributed by atoms with Gasteiger partial charge >= 0.3 is 0 Å². The monoisotopic (exact) mass is 304 g/mol.